The standard InChI is InChI=1S/C36H44FN5O3/c1-23(7-18-33-24(2)34(37)39-40(33)3)26-10-8-25(9-11-26)21-41(35(43)27-12-14-28(15-13-27)36(44)45)32-6-4-5-29(19-32)30-20-38-42(22-30)31-16-17-31/h4-7,18-20,22,25-28,31H,1,8-17,21H2,2-3H3,(H,44,45)/b18-7-/t25-,26-,27-,28-. The molecule has 1 N–H and O–H groups in total. The number of carboxylic acid groups (broad SMARTS) is 1. The summed E-state index contributed by atoms with van der Waals surface area (Å²) in [6, 6.07) is 8.73. The number of nitrogens with zero attached hydrogens (tertiary/aromatic N) is 5. The van der Waals surface area contributed by atoms with Crippen molar-refractivity contribution in [2.24, 2.45) is 30.7 Å². The summed E-state index contributed by atoms with van der Waals surface area (Å²) >= 11 is 0. The van der Waals surface area contributed by atoms with Crippen LogP contribution >= 0.6 is 0 Å². The Labute approximate surface area is 264 Å². The van der Waals surface area contributed by atoms with Crippen LogP contribution in [0.4, 0.5) is 10.1 Å². The predicted molar refractivity (Wildman–Crippen MR) is 173 cm³/mol. The second-order valence-electron chi connectivity index (χ2n) is 13.4. The molecule has 6 rings (SSSR count). The highest BCUT2D eigenvalue weighted by Gasteiger charge is 2.34. The van der Waals surface area contributed by atoms with Crippen molar-refractivity contribution < 1.29 is 19.1 Å². The molecule has 45 heavy (non-hydrogen) atoms. The van der Waals surface area contributed by atoms with E-state index in [1.165, 1.54) is 12.8 Å². The summed E-state index contributed by atoms with van der Waals surface area (Å²) in [5, 5.41) is 17.9. The van der Waals surface area contributed by atoms with Gasteiger partial charge in [0.05, 0.1) is 23.9 Å². The summed E-state index contributed by atoms with van der Waals surface area (Å²) in [6.07, 6.45) is 16.5. The molecule has 0 bridgehead atoms. The molecule has 238 valence electrons. The zero-order chi connectivity index (χ0) is 31.7. The third-order valence-electron chi connectivity index (χ3n) is 10.3. The van der Waals surface area contributed by atoms with Gasteiger partial charge in [-0.05, 0) is 107 Å². The van der Waals surface area contributed by atoms with Crippen LogP contribution < -0.4 is 4.90 Å². The number of amides is 1. The number of carboxylic acids is 1. The van der Waals surface area contributed by atoms with Gasteiger partial charge in [-0.25, -0.2) is 0 Å². The number of aryl methyl sites for hydroxylation is 1. The number of benzene rings is 1. The van der Waals surface area contributed by atoms with E-state index in [-0.39, 0.29) is 17.7 Å². The molecule has 3 saturated carbocycles. The first-order valence-corrected chi connectivity index (χ1v) is 16.4. The largest absolute Gasteiger partial charge is 0.481 e. The Balaban J connectivity index is 1.15. The van der Waals surface area contributed by atoms with Gasteiger partial charge >= 0.3 is 5.97 Å². The van der Waals surface area contributed by atoms with E-state index in [1.54, 1.807) is 18.7 Å². The van der Waals surface area contributed by atoms with E-state index in [1.807, 2.05) is 40.1 Å². The predicted octanol–water partition coefficient (Wildman–Crippen LogP) is 7.37. The fourth-order valence-corrected chi connectivity index (χ4v) is 7.15. The molecule has 3 fully saturated rings. The Morgan fingerprint density at radius 2 is 1.71 bits per heavy atom. The first kappa shape index (κ1) is 31.0. The van der Waals surface area contributed by atoms with E-state index in [0.29, 0.717) is 55.7 Å². The van der Waals surface area contributed by atoms with Gasteiger partial charge < -0.3 is 10.0 Å². The number of aliphatic carboxylic acids is 1. The molecule has 2 heterocycles. The quantitative estimate of drug-likeness (QED) is 0.241. The number of allylic oxidation sites excluding steroid dienone is 2. The third-order valence-corrected chi connectivity index (χ3v) is 10.3. The summed E-state index contributed by atoms with van der Waals surface area (Å²) in [5.41, 5.74) is 5.31. The molecule has 9 heteroatoms. The molecule has 0 aliphatic heterocycles. The summed E-state index contributed by atoms with van der Waals surface area (Å²) in [5.74, 6) is -0.915. The second kappa shape index (κ2) is 13.2. The fraction of sp³-hybridized carbons (Fsp3) is 0.500. The van der Waals surface area contributed by atoms with Gasteiger partial charge in [0.15, 0.2) is 0 Å². The summed E-state index contributed by atoms with van der Waals surface area (Å²) in [6.45, 7) is 6.71. The number of hydrogen-bond donors (Lipinski definition) is 1. The minimum atomic E-state index is -0.756. The number of rotatable bonds is 10. The fourth-order valence-electron chi connectivity index (χ4n) is 7.15. The van der Waals surface area contributed by atoms with Crippen molar-refractivity contribution in [3.05, 3.63) is 72.1 Å². The highest BCUT2D eigenvalue weighted by molar-refractivity contribution is 5.96. The minimum absolute atomic E-state index is 0.109. The lowest BCUT2D eigenvalue weighted by Gasteiger charge is -2.36. The van der Waals surface area contributed by atoms with E-state index in [0.717, 1.165) is 53.8 Å². The van der Waals surface area contributed by atoms with Crippen molar-refractivity contribution in [2.45, 2.75) is 77.2 Å². The molecule has 3 aliphatic carbocycles. The van der Waals surface area contributed by atoms with Crippen molar-refractivity contribution in [3.8, 4) is 11.1 Å². The number of carbonyl (C=O) groups excluding carboxylic acids is 1. The van der Waals surface area contributed by atoms with Gasteiger partial charge in [0.2, 0.25) is 11.9 Å². The molecular formula is C36H44FN5O3. The highest BCUT2D eigenvalue weighted by Crippen LogP contribution is 2.38. The number of anilines is 1. The van der Waals surface area contributed by atoms with E-state index in [4.69, 9.17) is 0 Å². The first-order chi connectivity index (χ1) is 21.7. The Hall–Kier alpha value is -4.01. The van der Waals surface area contributed by atoms with Crippen LogP contribution in [0, 0.1) is 36.5 Å². The van der Waals surface area contributed by atoms with Crippen LogP contribution in [-0.4, -0.2) is 43.1 Å². The van der Waals surface area contributed by atoms with Crippen LogP contribution in [0.25, 0.3) is 17.2 Å². The van der Waals surface area contributed by atoms with Crippen LogP contribution in [0.15, 0.2) is 54.9 Å². The highest BCUT2D eigenvalue weighted by atomic mass is 19.1. The molecule has 2 aromatic heterocycles. The van der Waals surface area contributed by atoms with E-state index in [2.05, 4.69) is 35.1 Å². The zero-order valence-electron chi connectivity index (χ0n) is 26.4. The minimum Gasteiger partial charge on any atom is -0.481 e. The first-order valence-electron chi connectivity index (χ1n) is 16.4. The lowest BCUT2D eigenvalue weighted by atomic mass is 9.78. The topological polar surface area (TPSA) is 93.3 Å². The van der Waals surface area contributed by atoms with Crippen molar-refractivity contribution in [2.75, 3.05) is 11.4 Å². The molecule has 8 nitrogen and oxygen atoms in total. The monoisotopic (exact) mass is 613 g/mol. The lowest BCUT2D eigenvalue weighted by molar-refractivity contribution is -0.144. The normalized spacial score (nSPS) is 23.7. The SMILES string of the molecule is C=C(/C=C\c1c(C)c(F)nn1C)[C@H]1CC[C@H](CN(c2cccc(-c3cnn(C4CC4)c3)c2)C(=O)[C@H]2CC[C@H](C(=O)O)CC2)CC1. The van der Waals surface area contributed by atoms with Gasteiger partial charge in [0.25, 0.3) is 0 Å². The van der Waals surface area contributed by atoms with E-state index in [9.17, 15) is 19.1 Å². The van der Waals surface area contributed by atoms with E-state index < -0.39 is 11.9 Å². The van der Waals surface area contributed by atoms with E-state index >= 15 is 0 Å². The summed E-state index contributed by atoms with van der Waals surface area (Å²) in [7, 11) is 1.74. The molecule has 3 aromatic rings. The molecule has 1 aromatic carbocycles. The average molecular weight is 614 g/mol. The van der Waals surface area contributed by atoms with Gasteiger partial charge in [0, 0.05) is 42.5 Å². The van der Waals surface area contributed by atoms with Crippen LogP contribution in [0.5, 0.6) is 0 Å². The summed E-state index contributed by atoms with van der Waals surface area (Å²) < 4.78 is 17.5. The summed E-state index contributed by atoms with van der Waals surface area (Å²) in [4.78, 5) is 27.7. The average Bonchev–Trinajstić information content (AvgIpc) is 3.73. The molecule has 1 amide bonds. The zero-order valence-corrected chi connectivity index (χ0v) is 26.4. The molecule has 0 saturated heterocycles. The number of carbonyl (C=O) groups is 2. The van der Waals surface area contributed by atoms with Gasteiger partial charge in [-0.2, -0.15) is 9.49 Å². The van der Waals surface area contributed by atoms with Crippen LogP contribution in [-0.2, 0) is 16.6 Å². The molecule has 0 spiro atoms. The van der Waals surface area contributed by atoms with Crippen LogP contribution in [0.3, 0.4) is 0 Å². The Morgan fingerprint density at radius 3 is 2.36 bits per heavy atom. The number of halogens is 1. The third kappa shape index (κ3) is 6.97. The smallest absolute Gasteiger partial charge is 0.306 e. The molecule has 0 radical (unpaired) electrons. The molecular weight excluding hydrogens is 569 g/mol. The Morgan fingerprint density at radius 1 is 1.02 bits per heavy atom. The van der Waals surface area contributed by atoms with Gasteiger partial charge in [-0.15, -0.1) is 5.10 Å². The van der Waals surface area contributed by atoms with Gasteiger partial charge in [-0.3, -0.25) is 19.0 Å². The molecule has 0 unspecified atom stereocenters. The maximum atomic E-state index is 14.2. The van der Waals surface area contributed by atoms with Crippen LogP contribution in [0.1, 0.15) is 81.5 Å². The number of aromatic nitrogens is 4. The van der Waals surface area contributed by atoms with Crippen molar-refractivity contribution in [1.29, 1.82) is 0 Å². The van der Waals surface area contributed by atoms with Crippen molar-refractivity contribution >= 4 is 23.6 Å². The Bertz CT molecular complexity index is 1590. The maximum Gasteiger partial charge on any atom is 0.306 e. The van der Waals surface area contributed by atoms with Crippen LogP contribution in [0.2, 0.25) is 0 Å². The molecule has 0 atom stereocenters. The van der Waals surface area contributed by atoms with Crippen molar-refractivity contribution in [1.82, 2.24) is 19.6 Å². The van der Waals surface area contributed by atoms with Gasteiger partial charge in [0.1, 0.15) is 0 Å². The van der Waals surface area contributed by atoms with Gasteiger partial charge in [-0.1, -0.05) is 30.4 Å². The van der Waals surface area contributed by atoms with Crippen molar-refractivity contribution in [3.63, 3.8) is 0 Å². The Kier molecular flexibility index (Phi) is 9.06. The lowest BCUT2D eigenvalue weighted by Crippen LogP contribution is -2.42. The second-order valence-corrected chi connectivity index (χ2v) is 13.4. The number of hydrogen-bond acceptors (Lipinski definition) is 4. The molecule has 3 aliphatic rings. The maximum absolute atomic E-state index is 14.2.